The van der Waals surface area contributed by atoms with E-state index in [9.17, 15) is 5.11 Å². The van der Waals surface area contributed by atoms with E-state index in [0.29, 0.717) is 11.8 Å². The molecular weight excluding hydrogens is 302 g/mol. The summed E-state index contributed by atoms with van der Waals surface area (Å²) in [7, 11) is 5.50. The molecular formula is C20H23NO3. The Morgan fingerprint density at radius 1 is 1.12 bits per heavy atom. The number of benzene rings is 2. The third-order valence-electron chi connectivity index (χ3n) is 5.49. The fourth-order valence-corrected chi connectivity index (χ4v) is 4.29. The molecule has 4 nitrogen and oxygen atoms in total. The third-order valence-corrected chi connectivity index (χ3v) is 5.49. The first-order valence-corrected chi connectivity index (χ1v) is 8.36. The van der Waals surface area contributed by atoms with Gasteiger partial charge < -0.3 is 14.6 Å². The van der Waals surface area contributed by atoms with Crippen LogP contribution in [-0.2, 0) is 12.8 Å². The molecule has 1 N–H and O–H groups in total. The van der Waals surface area contributed by atoms with Gasteiger partial charge in [-0.15, -0.1) is 0 Å². The molecule has 4 rings (SSSR count). The Balaban J connectivity index is 2.08. The summed E-state index contributed by atoms with van der Waals surface area (Å²) in [5, 5.41) is 10.5. The molecule has 24 heavy (non-hydrogen) atoms. The summed E-state index contributed by atoms with van der Waals surface area (Å²) in [6, 6.07) is 6.52. The first-order chi connectivity index (χ1) is 11.5. The molecule has 0 spiro atoms. The van der Waals surface area contributed by atoms with Crippen molar-refractivity contribution in [2.75, 3.05) is 27.8 Å². The molecule has 0 saturated carbocycles. The molecule has 1 aliphatic carbocycles. The predicted molar refractivity (Wildman–Crippen MR) is 94.2 cm³/mol. The van der Waals surface area contributed by atoms with Crippen molar-refractivity contribution in [1.29, 1.82) is 0 Å². The van der Waals surface area contributed by atoms with E-state index < -0.39 is 0 Å². The maximum atomic E-state index is 10.5. The summed E-state index contributed by atoms with van der Waals surface area (Å²) in [4.78, 5) is 2.41. The zero-order chi connectivity index (χ0) is 17.0. The molecule has 0 saturated heterocycles. The van der Waals surface area contributed by atoms with Crippen LogP contribution in [0.5, 0.6) is 17.2 Å². The van der Waals surface area contributed by atoms with Gasteiger partial charge in [-0.2, -0.15) is 0 Å². The Bertz CT molecular complexity index is 828. The van der Waals surface area contributed by atoms with E-state index in [4.69, 9.17) is 9.47 Å². The second-order valence-corrected chi connectivity index (χ2v) is 6.81. The Morgan fingerprint density at radius 3 is 2.62 bits per heavy atom. The van der Waals surface area contributed by atoms with Crippen molar-refractivity contribution in [3.63, 3.8) is 0 Å². The lowest BCUT2D eigenvalue weighted by Crippen LogP contribution is -2.35. The Morgan fingerprint density at radius 2 is 1.92 bits per heavy atom. The van der Waals surface area contributed by atoms with Gasteiger partial charge in [-0.3, -0.25) is 4.90 Å². The number of aryl methyl sites for hydroxylation is 1. The highest BCUT2D eigenvalue weighted by molar-refractivity contribution is 5.84. The molecule has 1 atom stereocenters. The second kappa shape index (κ2) is 5.42. The molecule has 1 aliphatic heterocycles. The molecule has 2 aromatic rings. The summed E-state index contributed by atoms with van der Waals surface area (Å²) in [6.07, 6.45) is 1.93. The third kappa shape index (κ3) is 2.02. The minimum Gasteiger partial charge on any atom is -0.504 e. The average Bonchev–Trinajstić information content (AvgIpc) is 2.57. The molecule has 2 aliphatic rings. The number of phenolic OH excluding ortho intramolecular Hbond substituents is 1. The van der Waals surface area contributed by atoms with Crippen LogP contribution in [0, 0.1) is 6.92 Å². The van der Waals surface area contributed by atoms with E-state index in [1.165, 1.54) is 16.7 Å². The lowest BCUT2D eigenvalue weighted by molar-refractivity contribution is 0.226. The highest BCUT2D eigenvalue weighted by Gasteiger charge is 2.36. The number of hydrogen-bond donors (Lipinski definition) is 1. The lowest BCUT2D eigenvalue weighted by Gasteiger charge is -2.40. The summed E-state index contributed by atoms with van der Waals surface area (Å²) in [5.41, 5.74) is 7.11. The van der Waals surface area contributed by atoms with Crippen LogP contribution in [0.15, 0.2) is 18.2 Å². The maximum Gasteiger partial charge on any atom is 0.168 e. The summed E-state index contributed by atoms with van der Waals surface area (Å²) >= 11 is 0. The first kappa shape index (κ1) is 15.3. The van der Waals surface area contributed by atoms with Crippen LogP contribution >= 0.6 is 0 Å². The van der Waals surface area contributed by atoms with E-state index in [1.807, 2.05) is 6.07 Å². The van der Waals surface area contributed by atoms with Gasteiger partial charge in [-0.05, 0) is 66.8 Å². The zero-order valence-corrected chi connectivity index (χ0v) is 14.6. The number of fused-ring (bicyclic) bond motifs is 2. The van der Waals surface area contributed by atoms with E-state index in [1.54, 1.807) is 14.2 Å². The fourth-order valence-electron chi connectivity index (χ4n) is 4.29. The van der Waals surface area contributed by atoms with E-state index in [2.05, 4.69) is 31.0 Å². The van der Waals surface area contributed by atoms with Gasteiger partial charge in [0.1, 0.15) is 5.75 Å². The van der Waals surface area contributed by atoms with E-state index in [-0.39, 0.29) is 5.75 Å². The van der Waals surface area contributed by atoms with Crippen molar-refractivity contribution in [2.45, 2.75) is 25.8 Å². The monoisotopic (exact) mass is 325 g/mol. The number of aromatic hydroxyl groups is 1. The van der Waals surface area contributed by atoms with Crippen LogP contribution in [0.25, 0.3) is 11.1 Å². The van der Waals surface area contributed by atoms with Gasteiger partial charge in [0.25, 0.3) is 0 Å². The SMILES string of the molecule is COc1cc2c(cc1C)CC1c3c(cc(O)c(OC)c3-2)CCN1C. The van der Waals surface area contributed by atoms with Gasteiger partial charge in [0, 0.05) is 18.2 Å². The standard InChI is InChI=1S/C20H23NO3/c1-11-7-13-8-15-18-12(5-6-21(15)2)9-16(22)20(24-4)19(18)14(13)10-17(11)23-3/h7,9-10,15,22H,5-6,8H2,1-4H3. The summed E-state index contributed by atoms with van der Waals surface area (Å²) < 4.78 is 11.1. The number of phenols is 1. The summed E-state index contributed by atoms with van der Waals surface area (Å²) in [5.74, 6) is 1.67. The number of ether oxygens (including phenoxy) is 2. The van der Waals surface area contributed by atoms with Crippen LogP contribution in [-0.4, -0.2) is 37.8 Å². The number of methoxy groups -OCH3 is 2. The summed E-state index contributed by atoms with van der Waals surface area (Å²) in [6.45, 7) is 3.08. The predicted octanol–water partition coefficient (Wildman–Crippen LogP) is 3.47. The zero-order valence-electron chi connectivity index (χ0n) is 14.6. The fraction of sp³-hybridized carbons (Fsp3) is 0.400. The molecule has 1 heterocycles. The van der Waals surface area contributed by atoms with E-state index >= 15 is 0 Å². The highest BCUT2D eigenvalue weighted by Crippen LogP contribution is 2.52. The highest BCUT2D eigenvalue weighted by atomic mass is 16.5. The van der Waals surface area contributed by atoms with Crippen molar-refractivity contribution in [1.82, 2.24) is 4.90 Å². The Hall–Kier alpha value is -2.20. The Labute approximate surface area is 142 Å². The number of rotatable bonds is 2. The molecule has 0 amide bonds. The molecule has 2 aromatic carbocycles. The second-order valence-electron chi connectivity index (χ2n) is 6.81. The van der Waals surface area contributed by atoms with Gasteiger partial charge in [-0.1, -0.05) is 6.07 Å². The topological polar surface area (TPSA) is 41.9 Å². The van der Waals surface area contributed by atoms with Crippen molar-refractivity contribution in [3.8, 4) is 28.4 Å². The molecule has 4 heteroatoms. The number of likely N-dealkylation sites (N-methyl/N-ethyl adjacent to an activating group) is 1. The minimum absolute atomic E-state index is 0.224. The normalized spacial score (nSPS) is 18.8. The van der Waals surface area contributed by atoms with Crippen molar-refractivity contribution < 1.29 is 14.6 Å². The van der Waals surface area contributed by atoms with Gasteiger partial charge in [-0.25, -0.2) is 0 Å². The molecule has 1 unspecified atom stereocenters. The number of hydrogen-bond acceptors (Lipinski definition) is 4. The van der Waals surface area contributed by atoms with Gasteiger partial charge in [0.15, 0.2) is 11.5 Å². The number of nitrogens with zero attached hydrogens (tertiary/aromatic N) is 1. The quantitative estimate of drug-likeness (QED) is 0.918. The van der Waals surface area contributed by atoms with Crippen molar-refractivity contribution in [2.24, 2.45) is 0 Å². The van der Waals surface area contributed by atoms with Crippen LogP contribution in [0.4, 0.5) is 0 Å². The average molecular weight is 325 g/mol. The van der Waals surface area contributed by atoms with Crippen LogP contribution in [0.3, 0.4) is 0 Å². The molecule has 0 radical (unpaired) electrons. The van der Waals surface area contributed by atoms with Crippen LogP contribution in [0.2, 0.25) is 0 Å². The first-order valence-electron chi connectivity index (χ1n) is 8.36. The van der Waals surface area contributed by atoms with Crippen LogP contribution in [0.1, 0.15) is 28.3 Å². The maximum absolute atomic E-state index is 10.5. The van der Waals surface area contributed by atoms with Gasteiger partial charge in [0.05, 0.1) is 14.2 Å². The van der Waals surface area contributed by atoms with Gasteiger partial charge >= 0.3 is 0 Å². The Kier molecular flexibility index (Phi) is 3.46. The molecule has 0 aromatic heterocycles. The minimum atomic E-state index is 0.224. The lowest BCUT2D eigenvalue weighted by atomic mass is 9.76. The molecule has 0 bridgehead atoms. The van der Waals surface area contributed by atoms with Gasteiger partial charge in [0.2, 0.25) is 0 Å². The smallest absolute Gasteiger partial charge is 0.168 e. The van der Waals surface area contributed by atoms with Crippen LogP contribution < -0.4 is 9.47 Å². The van der Waals surface area contributed by atoms with E-state index in [0.717, 1.165) is 41.8 Å². The van der Waals surface area contributed by atoms with Crippen molar-refractivity contribution in [3.05, 3.63) is 40.5 Å². The van der Waals surface area contributed by atoms with Crippen molar-refractivity contribution >= 4 is 0 Å². The molecule has 0 fully saturated rings. The molecule has 126 valence electrons. The largest absolute Gasteiger partial charge is 0.504 e.